The van der Waals surface area contributed by atoms with E-state index in [1.165, 1.54) is 6.08 Å². The Balaban J connectivity index is 2.05. The fourth-order valence-electron chi connectivity index (χ4n) is 2.19. The summed E-state index contributed by atoms with van der Waals surface area (Å²) < 4.78 is 15.8. The summed E-state index contributed by atoms with van der Waals surface area (Å²) in [5.74, 6) is 0.405. The molecular formula is C20H20O6. The maximum Gasteiger partial charge on any atom is 0.341 e. The number of ether oxygens (including phenoxy) is 3. The van der Waals surface area contributed by atoms with Gasteiger partial charge in [0.05, 0.1) is 13.7 Å². The molecule has 0 amide bonds. The van der Waals surface area contributed by atoms with Gasteiger partial charge < -0.3 is 19.3 Å². The molecule has 0 saturated carbocycles. The first-order valence-corrected chi connectivity index (χ1v) is 8.01. The smallest absolute Gasteiger partial charge is 0.341 e. The zero-order valence-electron chi connectivity index (χ0n) is 14.6. The molecule has 0 unspecified atom stereocenters. The van der Waals surface area contributed by atoms with Crippen molar-refractivity contribution in [3.63, 3.8) is 0 Å². The number of ketones is 1. The van der Waals surface area contributed by atoms with Gasteiger partial charge in [0, 0.05) is 5.56 Å². The molecule has 2 aromatic rings. The number of hydrogen-bond donors (Lipinski definition) is 1. The molecule has 0 heterocycles. The monoisotopic (exact) mass is 356 g/mol. The van der Waals surface area contributed by atoms with Crippen LogP contribution in [-0.4, -0.2) is 37.2 Å². The van der Waals surface area contributed by atoms with Gasteiger partial charge in [0.2, 0.25) is 0 Å². The van der Waals surface area contributed by atoms with E-state index in [-0.39, 0.29) is 5.78 Å². The largest absolute Gasteiger partial charge is 0.493 e. The highest BCUT2D eigenvalue weighted by Crippen LogP contribution is 2.28. The molecule has 0 aliphatic heterocycles. The minimum absolute atomic E-state index is 0.178. The summed E-state index contributed by atoms with van der Waals surface area (Å²) in [7, 11) is 1.56. The molecule has 6 nitrogen and oxygen atoms in total. The van der Waals surface area contributed by atoms with Crippen molar-refractivity contribution in [1.29, 1.82) is 0 Å². The number of carbonyl (C=O) groups excluding carboxylic acids is 1. The van der Waals surface area contributed by atoms with Crippen LogP contribution < -0.4 is 14.2 Å². The fourth-order valence-corrected chi connectivity index (χ4v) is 2.19. The van der Waals surface area contributed by atoms with Crippen molar-refractivity contribution in [2.75, 3.05) is 20.3 Å². The van der Waals surface area contributed by atoms with Crippen molar-refractivity contribution in [2.45, 2.75) is 6.92 Å². The molecular weight excluding hydrogens is 336 g/mol. The second-order valence-electron chi connectivity index (χ2n) is 5.25. The molecule has 0 saturated heterocycles. The number of allylic oxidation sites excluding steroid dienone is 1. The summed E-state index contributed by atoms with van der Waals surface area (Å²) in [5.41, 5.74) is 1.28. The Morgan fingerprint density at radius 2 is 1.77 bits per heavy atom. The van der Waals surface area contributed by atoms with Crippen LogP contribution in [-0.2, 0) is 4.79 Å². The van der Waals surface area contributed by atoms with Gasteiger partial charge in [-0.05, 0) is 55.0 Å². The van der Waals surface area contributed by atoms with Gasteiger partial charge in [0.15, 0.2) is 23.9 Å². The van der Waals surface area contributed by atoms with Crippen LogP contribution in [0.3, 0.4) is 0 Å². The minimum atomic E-state index is -1.06. The van der Waals surface area contributed by atoms with Crippen LogP contribution in [0, 0.1) is 0 Å². The van der Waals surface area contributed by atoms with E-state index in [4.69, 9.17) is 19.3 Å². The van der Waals surface area contributed by atoms with E-state index < -0.39 is 12.6 Å². The van der Waals surface area contributed by atoms with E-state index in [1.807, 2.05) is 13.0 Å². The lowest BCUT2D eigenvalue weighted by Gasteiger charge is -2.09. The summed E-state index contributed by atoms with van der Waals surface area (Å²) in [4.78, 5) is 22.7. The predicted molar refractivity (Wildman–Crippen MR) is 97.1 cm³/mol. The van der Waals surface area contributed by atoms with Crippen molar-refractivity contribution in [2.24, 2.45) is 0 Å². The number of rotatable bonds is 9. The second-order valence-corrected chi connectivity index (χ2v) is 5.25. The normalized spacial score (nSPS) is 10.5. The molecule has 0 aliphatic carbocycles. The van der Waals surface area contributed by atoms with Crippen LogP contribution >= 0.6 is 0 Å². The van der Waals surface area contributed by atoms with Crippen molar-refractivity contribution >= 4 is 17.8 Å². The standard InChI is InChI=1S/C20H20O6/c1-3-25-18-11-5-14(12-19(18)24-2)4-10-17(21)15-6-8-16(9-7-15)26-13-20(22)23/h4-12H,3,13H2,1-2H3,(H,22,23). The zero-order valence-corrected chi connectivity index (χ0v) is 14.6. The maximum absolute atomic E-state index is 12.2. The quantitative estimate of drug-likeness (QED) is 0.547. The minimum Gasteiger partial charge on any atom is -0.493 e. The third-order valence-electron chi connectivity index (χ3n) is 3.42. The first-order valence-electron chi connectivity index (χ1n) is 8.01. The third kappa shape index (κ3) is 5.37. The van der Waals surface area contributed by atoms with Crippen molar-refractivity contribution in [1.82, 2.24) is 0 Å². The molecule has 0 aliphatic rings. The Kier molecular flexibility index (Phi) is 6.79. The Labute approximate surface area is 151 Å². The van der Waals surface area contributed by atoms with Gasteiger partial charge in [-0.15, -0.1) is 0 Å². The van der Waals surface area contributed by atoms with E-state index in [0.717, 1.165) is 5.56 Å². The lowest BCUT2D eigenvalue weighted by atomic mass is 10.1. The molecule has 0 fully saturated rings. The average Bonchev–Trinajstić information content (AvgIpc) is 2.65. The molecule has 6 heteroatoms. The summed E-state index contributed by atoms with van der Waals surface area (Å²) >= 11 is 0. The van der Waals surface area contributed by atoms with Crippen LogP contribution in [0.2, 0.25) is 0 Å². The molecule has 136 valence electrons. The van der Waals surface area contributed by atoms with Crippen LogP contribution in [0.1, 0.15) is 22.8 Å². The molecule has 0 spiro atoms. The molecule has 26 heavy (non-hydrogen) atoms. The van der Waals surface area contributed by atoms with Gasteiger partial charge in [-0.25, -0.2) is 4.79 Å². The lowest BCUT2D eigenvalue weighted by molar-refractivity contribution is -0.139. The Morgan fingerprint density at radius 3 is 2.38 bits per heavy atom. The van der Waals surface area contributed by atoms with Gasteiger partial charge in [0.25, 0.3) is 0 Å². The molecule has 0 radical (unpaired) electrons. The number of carbonyl (C=O) groups is 2. The summed E-state index contributed by atoms with van der Waals surface area (Å²) in [6.45, 7) is 2.01. The van der Waals surface area contributed by atoms with E-state index in [0.29, 0.717) is 29.4 Å². The van der Waals surface area contributed by atoms with Gasteiger partial charge in [-0.1, -0.05) is 12.1 Å². The Bertz CT molecular complexity index is 792. The van der Waals surface area contributed by atoms with E-state index in [9.17, 15) is 9.59 Å². The summed E-state index contributed by atoms with van der Waals surface area (Å²) in [6.07, 6.45) is 3.15. The highest BCUT2D eigenvalue weighted by Gasteiger charge is 2.06. The van der Waals surface area contributed by atoms with Crippen LogP contribution in [0.15, 0.2) is 48.5 Å². The number of benzene rings is 2. The van der Waals surface area contributed by atoms with Crippen molar-refractivity contribution in [3.8, 4) is 17.2 Å². The number of carboxylic acid groups (broad SMARTS) is 1. The number of methoxy groups -OCH3 is 1. The van der Waals surface area contributed by atoms with E-state index in [1.54, 1.807) is 49.6 Å². The lowest BCUT2D eigenvalue weighted by Crippen LogP contribution is -2.09. The maximum atomic E-state index is 12.2. The third-order valence-corrected chi connectivity index (χ3v) is 3.42. The highest BCUT2D eigenvalue weighted by molar-refractivity contribution is 6.06. The summed E-state index contributed by atoms with van der Waals surface area (Å²) in [6, 6.07) is 11.7. The molecule has 0 aromatic heterocycles. The Hall–Kier alpha value is -3.28. The highest BCUT2D eigenvalue weighted by atomic mass is 16.5. The number of carboxylic acids is 1. The van der Waals surface area contributed by atoms with Crippen molar-refractivity contribution < 1.29 is 28.9 Å². The van der Waals surface area contributed by atoms with Gasteiger partial charge in [-0.3, -0.25) is 4.79 Å². The molecule has 2 rings (SSSR count). The molecule has 2 aromatic carbocycles. The number of aliphatic carboxylic acids is 1. The fraction of sp³-hybridized carbons (Fsp3) is 0.200. The molecule has 0 atom stereocenters. The summed E-state index contributed by atoms with van der Waals surface area (Å²) in [5, 5.41) is 8.58. The van der Waals surface area contributed by atoms with Crippen LogP contribution in [0.5, 0.6) is 17.2 Å². The SMILES string of the molecule is CCOc1ccc(C=CC(=O)c2ccc(OCC(=O)O)cc2)cc1OC. The molecule has 1 N–H and O–H groups in total. The van der Waals surface area contributed by atoms with Crippen LogP contribution in [0.25, 0.3) is 6.08 Å². The van der Waals surface area contributed by atoms with Gasteiger partial charge in [0.1, 0.15) is 5.75 Å². The van der Waals surface area contributed by atoms with E-state index in [2.05, 4.69) is 0 Å². The van der Waals surface area contributed by atoms with Gasteiger partial charge >= 0.3 is 5.97 Å². The first-order chi connectivity index (χ1) is 12.5. The number of hydrogen-bond acceptors (Lipinski definition) is 5. The topological polar surface area (TPSA) is 82.1 Å². The predicted octanol–water partition coefficient (Wildman–Crippen LogP) is 3.45. The van der Waals surface area contributed by atoms with Crippen molar-refractivity contribution in [3.05, 3.63) is 59.7 Å². The van der Waals surface area contributed by atoms with Crippen LogP contribution in [0.4, 0.5) is 0 Å². The second kappa shape index (κ2) is 9.27. The Morgan fingerprint density at radius 1 is 1.04 bits per heavy atom. The molecule has 0 bridgehead atoms. The van der Waals surface area contributed by atoms with E-state index >= 15 is 0 Å². The first kappa shape index (κ1) is 19.1. The van der Waals surface area contributed by atoms with Gasteiger partial charge in [-0.2, -0.15) is 0 Å². The zero-order chi connectivity index (χ0) is 18.9. The average molecular weight is 356 g/mol.